The highest BCUT2D eigenvalue weighted by atomic mass is 16.6. The highest BCUT2D eigenvalue weighted by Crippen LogP contribution is 2.29. The molecule has 2 rings (SSSR count). The van der Waals surface area contributed by atoms with E-state index in [9.17, 15) is 10.1 Å². The van der Waals surface area contributed by atoms with Crippen molar-refractivity contribution >= 4 is 11.4 Å². The summed E-state index contributed by atoms with van der Waals surface area (Å²) in [7, 11) is 1.46. The lowest BCUT2D eigenvalue weighted by Crippen LogP contribution is -2.03. The molecule has 0 atom stereocenters. The van der Waals surface area contributed by atoms with Crippen molar-refractivity contribution in [3.63, 3.8) is 0 Å². The average molecular weight is 249 g/mol. The van der Waals surface area contributed by atoms with Crippen molar-refractivity contribution in [2.24, 2.45) is 0 Å². The molecule has 0 unspecified atom stereocenters. The number of ether oxygens (including phenoxy) is 1. The van der Waals surface area contributed by atoms with Crippen LogP contribution in [-0.2, 0) is 6.54 Å². The van der Waals surface area contributed by atoms with Gasteiger partial charge in [0.2, 0.25) is 0 Å². The molecule has 0 aliphatic heterocycles. The Morgan fingerprint density at radius 1 is 1.50 bits per heavy atom. The topological polar surface area (TPSA) is 90.4 Å². The number of aromatic nitrogens is 1. The summed E-state index contributed by atoms with van der Waals surface area (Å²) in [6.07, 6.45) is 1.44. The Balaban J connectivity index is 2.18. The molecule has 1 N–H and O–H groups in total. The van der Waals surface area contributed by atoms with Crippen molar-refractivity contribution in [3.8, 4) is 5.75 Å². The van der Waals surface area contributed by atoms with Gasteiger partial charge >= 0.3 is 0 Å². The maximum atomic E-state index is 10.9. The molecule has 7 nitrogen and oxygen atoms in total. The van der Waals surface area contributed by atoms with Gasteiger partial charge in [0.05, 0.1) is 24.6 Å². The van der Waals surface area contributed by atoms with Crippen molar-refractivity contribution in [2.45, 2.75) is 6.54 Å². The van der Waals surface area contributed by atoms with Crippen LogP contribution in [0, 0.1) is 10.1 Å². The third-order valence-corrected chi connectivity index (χ3v) is 2.35. The van der Waals surface area contributed by atoms with E-state index >= 15 is 0 Å². The predicted octanol–water partition coefficient (Wildman–Crippen LogP) is 2.20. The van der Waals surface area contributed by atoms with Crippen molar-refractivity contribution in [3.05, 3.63) is 46.3 Å². The van der Waals surface area contributed by atoms with E-state index in [1.165, 1.54) is 19.4 Å². The van der Waals surface area contributed by atoms with E-state index in [2.05, 4.69) is 15.0 Å². The minimum Gasteiger partial charge on any atom is -0.496 e. The molecule has 0 amide bonds. The lowest BCUT2D eigenvalue weighted by Gasteiger charge is -2.06. The van der Waals surface area contributed by atoms with Crippen LogP contribution < -0.4 is 10.1 Å². The van der Waals surface area contributed by atoms with Gasteiger partial charge in [0.25, 0.3) is 5.69 Å². The first-order chi connectivity index (χ1) is 8.70. The molecule has 0 saturated carbocycles. The summed E-state index contributed by atoms with van der Waals surface area (Å²) in [6.45, 7) is 0.351. The zero-order chi connectivity index (χ0) is 13.0. The van der Waals surface area contributed by atoms with Gasteiger partial charge in [-0.15, -0.1) is 0 Å². The largest absolute Gasteiger partial charge is 0.496 e. The number of hydrogen-bond acceptors (Lipinski definition) is 6. The number of rotatable bonds is 5. The van der Waals surface area contributed by atoms with Crippen molar-refractivity contribution in [1.82, 2.24) is 5.16 Å². The van der Waals surface area contributed by atoms with Crippen LogP contribution in [0.15, 0.2) is 35.1 Å². The molecule has 0 saturated heterocycles. The molecule has 0 radical (unpaired) electrons. The van der Waals surface area contributed by atoms with Crippen LogP contribution in [-0.4, -0.2) is 17.2 Å². The number of nitrogens with one attached hydrogen (secondary N) is 1. The second-order valence-electron chi connectivity index (χ2n) is 3.48. The number of anilines is 1. The van der Waals surface area contributed by atoms with E-state index in [1.54, 1.807) is 18.2 Å². The third-order valence-electron chi connectivity index (χ3n) is 2.35. The SMILES string of the molecule is COc1ccc(NCc2ccon2)c([N+](=O)[O-])c1. The van der Waals surface area contributed by atoms with Crippen LogP contribution in [0.1, 0.15) is 5.69 Å². The number of nitro benzene ring substituents is 1. The van der Waals surface area contributed by atoms with Gasteiger partial charge in [-0.1, -0.05) is 5.16 Å². The first-order valence-corrected chi connectivity index (χ1v) is 5.16. The maximum Gasteiger partial charge on any atom is 0.296 e. The first-order valence-electron chi connectivity index (χ1n) is 5.16. The minimum absolute atomic E-state index is 0.0437. The van der Waals surface area contributed by atoms with E-state index in [4.69, 9.17) is 4.74 Å². The van der Waals surface area contributed by atoms with Gasteiger partial charge < -0.3 is 14.6 Å². The summed E-state index contributed by atoms with van der Waals surface area (Å²) < 4.78 is 9.62. The smallest absolute Gasteiger partial charge is 0.296 e. The molecule has 94 valence electrons. The summed E-state index contributed by atoms with van der Waals surface area (Å²) in [5.74, 6) is 0.439. The Labute approximate surface area is 103 Å². The Hall–Kier alpha value is -2.57. The summed E-state index contributed by atoms with van der Waals surface area (Å²) in [5, 5.41) is 17.6. The van der Waals surface area contributed by atoms with Gasteiger partial charge in [-0.2, -0.15) is 0 Å². The second kappa shape index (κ2) is 5.17. The van der Waals surface area contributed by atoms with E-state index in [0.717, 1.165) is 0 Å². The fourth-order valence-electron chi connectivity index (χ4n) is 1.45. The maximum absolute atomic E-state index is 10.9. The lowest BCUT2D eigenvalue weighted by molar-refractivity contribution is -0.384. The molecule has 0 spiro atoms. The van der Waals surface area contributed by atoms with Gasteiger partial charge in [0.1, 0.15) is 23.4 Å². The quantitative estimate of drug-likeness (QED) is 0.645. The van der Waals surface area contributed by atoms with Crippen LogP contribution in [0.3, 0.4) is 0 Å². The van der Waals surface area contributed by atoms with Crippen LogP contribution in [0.5, 0.6) is 5.75 Å². The fraction of sp³-hybridized carbons (Fsp3) is 0.182. The fourth-order valence-corrected chi connectivity index (χ4v) is 1.45. The predicted molar refractivity (Wildman–Crippen MR) is 63.5 cm³/mol. The zero-order valence-corrected chi connectivity index (χ0v) is 9.62. The molecule has 18 heavy (non-hydrogen) atoms. The zero-order valence-electron chi connectivity index (χ0n) is 9.62. The lowest BCUT2D eigenvalue weighted by atomic mass is 10.2. The van der Waals surface area contributed by atoms with Gasteiger partial charge in [0.15, 0.2) is 0 Å². The van der Waals surface area contributed by atoms with Gasteiger partial charge in [-0.25, -0.2) is 0 Å². The highest BCUT2D eigenvalue weighted by molar-refractivity contribution is 5.63. The molecule has 0 aliphatic carbocycles. The Bertz CT molecular complexity index is 539. The van der Waals surface area contributed by atoms with Gasteiger partial charge in [0, 0.05) is 6.07 Å². The average Bonchev–Trinajstić information content (AvgIpc) is 2.89. The van der Waals surface area contributed by atoms with Crippen LogP contribution in [0.4, 0.5) is 11.4 Å². The summed E-state index contributed by atoms with van der Waals surface area (Å²) in [6, 6.07) is 6.29. The Kier molecular flexibility index (Phi) is 3.42. The summed E-state index contributed by atoms with van der Waals surface area (Å²) in [5.41, 5.74) is 1.03. The number of methoxy groups -OCH3 is 1. The number of nitro groups is 1. The van der Waals surface area contributed by atoms with Crippen molar-refractivity contribution in [2.75, 3.05) is 12.4 Å². The summed E-state index contributed by atoms with van der Waals surface area (Å²) >= 11 is 0. The third kappa shape index (κ3) is 2.57. The molecule has 0 aliphatic rings. The van der Waals surface area contributed by atoms with Gasteiger partial charge in [-0.3, -0.25) is 10.1 Å². The summed E-state index contributed by atoms with van der Waals surface area (Å²) in [4.78, 5) is 10.5. The molecule has 1 heterocycles. The molecule has 2 aromatic rings. The molecule has 0 fully saturated rings. The standard InChI is InChI=1S/C11H11N3O4/c1-17-9-2-3-10(11(6-9)14(15)16)12-7-8-4-5-18-13-8/h2-6,12H,7H2,1H3. The highest BCUT2D eigenvalue weighted by Gasteiger charge is 2.15. The van der Waals surface area contributed by atoms with E-state index in [-0.39, 0.29) is 5.69 Å². The van der Waals surface area contributed by atoms with Crippen molar-refractivity contribution in [1.29, 1.82) is 0 Å². The number of nitrogens with zero attached hydrogens (tertiary/aromatic N) is 2. The van der Waals surface area contributed by atoms with E-state index in [1.807, 2.05) is 0 Å². The van der Waals surface area contributed by atoms with E-state index < -0.39 is 4.92 Å². The van der Waals surface area contributed by atoms with Crippen molar-refractivity contribution < 1.29 is 14.2 Å². The Morgan fingerprint density at radius 3 is 2.94 bits per heavy atom. The second-order valence-corrected chi connectivity index (χ2v) is 3.48. The first kappa shape index (κ1) is 11.9. The molecule has 7 heteroatoms. The Morgan fingerprint density at radius 2 is 2.33 bits per heavy atom. The normalized spacial score (nSPS) is 10.1. The molecular formula is C11H11N3O4. The monoisotopic (exact) mass is 249 g/mol. The molecule has 1 aromatic carbocycles. The van der Waals surface area contributed by atoms with Crippen LogP contribution >= 0.6 is 0 Å². The van der Waals surface area contributed by atoms with Gasteiger partial charge in [-0.05, 0) is 12.1 Å². The van der Waals surface area contributed by atoms with Crippen LogP contribution in [0.25, 0.3) is 0 Å². The molecule has 1 aromatic heterocycles. The van der Waals surface area contributed by atoms with Crippen LogP contribution in [0.2, 0.25) is 0 Å². The molecular weight excluding hydrogens is 238 g/mol. The minimum atomic E-state index is -0.465. The van der Waals surface area contributed by atoms with E-state index in [0.29, 0.717) is 23.7 Å². The number of hydrogen-bond donors (Lipinski definition) is 1. The molecule has 0 bridgehead atoms. The number of benzene rings is 1.